The molecular weight excluding hydrogens is 244 g/mol. The highest BCUT2D eigenvalue weighted by atomic mass is 79.9. The fraction of sp³-hybridized carbons (Fsp3) is 0.143. The Balaban J connectivity index is 3.41. The van der Waals surface area contributed by atoms with Gasteiger partial charge in [-0.25, -0.2) is 13.8 Å². The molecule has 0 bridgehead atoms. The van der Waals surface area contributed by atoms with E-state index in [1.807, 2.05) is 0 Å². The number of nitrogens with zero attached hydrogens (tertiary/aromatic N) is 2. The first-order valence-corrected chi connectivity index (χ1v) is 3.99. The number of hydrogen-bond acceptors (Lipinski definition) is 3. The number of nitrogen functional groups attached to an aromatic ring is 1. The Bertz CT molecular complexity index is 373. The van der Waals surface area contributed by atoms with Gasteiger partial charge in [-0.05, 0) is 15.9 Å². The monoisotopic (exact) mass is 247 g/mol. The van der Waals surface area contributed by atoms with Crippen LogP contribution in [0.25, 0.3) is 0 Å². The second kappa shape index (κ2) is 3.66. The first-order chi connectivity index (χ1) is 6.07. The van der Waals surface area contributed by atoms with Crippen LogP contribution in [0.2, 0.25) is 0 Å². The molecule has 68 valence electrons. The van der Waals surface area contributed by atoms with Gasteiger partial charge in [-0.2, -0.15) is 5.26 Å². The van der Waals surface area contributed by atoms with Gasteiger partial charge >= 0.3 is 0 Å². The summed E-state index contributed by atoms with van der Waals surface area (Å²) in [5, 5.41) is 8.49. The summed E-state index contributed by atoms with van der Waals surface area (Å²) in [5.74, 6) is 0. The third kappa shape index (κ3) is 1.75. The van der Waals surface area contributed by atoms with Gasteiger partial charge in [0.05, 0.1) is 16.8 Å². The molecule has 1 aromatic heterocycles. The molecule has 13 heavy (non-hydrogen) atoms. The maximum absolute atomic E-state index is 12.3. The Kier molecular flexibility index (Phi) is 2.78. The zero-order valence-corrected chi connectivity index (χ0v) is 7.85. The number of anilines is 1. The number of hydrogen-bond donors (Lipinski definition) is 1. The van der Waals surface area contributed by atoms with Crippen molar-refractivity contribution in [3.05, 3.63) is 21.9 Å². The molecule has 1 rings (SSSR count). The maximum Gasteiger partial charge on any atom is 0.268 e. The van der Waals surface area contributed by atoms with Crippen LogP contribution in [0.5, 0.6) is 0 Å². The van der Waals surface area contributed by atoms with Crippen molar-refractivity contribution in [3.63, 3.8) is 0 Å². The smallest absolute Gasteiger partial charge is 0.268 e. The van der Waals surface area contributed by atoms with E-state index in [2.05, 4.69) is 20.9 Å². The summed E-state index contributed by atoms with van der Waals surface area (Å²) in [6.45, 7) is 0. The summed E-state index contributed by atoms with van der Waals surface area (Å²) in [6, 6.07) is 1.68. The fourth-order valence-electron chi connectivity index (χ4n) is 0.813. The van der Waals surface area contributed by atoms with Crippen LogP contribution in [0.3, 0.4) is 0 Å². The number of aromatic nitrogens is 1. The minimum absolute atomic E-state index is 0.0287. The van der Waals surface area contributed by atoms with E-state index in [4.69, 9.17) is 11.0 Å². The van der Waals surface area contributed by atoms with Crippen LogP contribution in [0.4, 0.5) is 14.5 Å². The Morgan fingerprint density at radius 2 is 2.23 bits per heavy atom. The van der Waals surface area contributed by atoms with E-state index in [-0.39, 0.29) is 15.9 Å². The average molecular weight is 248 g/mol. The van der Waals surface area contributed by atoms with Gasteiger partial charge in [0.2, 0.25) is 0 Å². The summed E-state index contributed by atoms with van der Waals surface area (Å²) < 4.78 is 24.7. The summed E-state index contributed by atoms with van der Waals surface area (Å²) in [5.41, 5.74) is 4.63. The molecule has 2 N–H and O–H groups in total. The van der Waals surface area contributed by atoms with Crippen LogP contribution in [-0.2, 0) is 0 Å². The van der Waals surface area contributed by atoms with E-state index >= 15 is 0 Å². The summed E-state index contributed by atoms with van der Waals surface area (Å²) in [4.78, 5) is 3.57. The molecule has 0 saturated carbocycles. The number of rotatable bonds is 1. The zero-order chi connectivity index (χ0) is 10.0. The molecule has 0 fully saturated rings. The van der Waals surface area contributed by atoms with Crippen molar-refractivity contribution in [2.24, 2.45) is 0 Å². The SMILES string of the molecule is N#Cc1cnc(Br)c(C(F)F)c1N. The molecule has 6 heteroatoms. The van der Waals surface area contributed by atoms with Crippen LogP contribution in [0, 0.1) is 11.3 Å². The standard InChI is InChI=1S/C7H4BrF2N3/c8-6-4(7(9)10)5(12)3(1-11)2-13-6/h2,7H,(H2,12,13). The van der Waals surface area contributed by atoms with Gasteiger partial charge in [0.15, 0.2) is 0 Å². The highest BCUT2D eigenvalue weighted by Crippen LogP contribution is 2.32. The van der Waals surface area contributed by atoms with Gasteiger partial charge in [-0.3, -0.25) is 0 Å². The lowest BCUT2D eigenvalue weighted by atomic mass is 10.2. The van der Waals surface area contributed by atoms with E-state index in [1.54, 1.807) is 6.07 Å². The molecule has 3 nitrogen and oxygen atoms in total. The van der Waals surface area contributed by atoms with Crippen LogP contribution >= 0.6 is 15.9 Å². The normalized spacial score (nSPS) is 10.1. The zero-order valence-electron chi connectivity index (χ0n) is 6.26. The predicted molar refractivity (Wildman–Crippen MR) is 46.0 cm³/mol. The Morgan fingerprint density at radius 3 is 2.69 bits per heavy atom. The Morgan fingerprint density at radius 1 is 1.62 bits per heavy atom. The number of nitriles is 1. The van der Waals surface area contributed by atoms with Crippen molar-refractivity contribution in [1.29, 1.82) is 5.26 Å². The molecule has 0 aliphatic heterocycles. The fourth-order valence-corrected chi connectivity index (χ4v) is 1.30. The van der Waals surface area contributed by atoms with Crippen molar-refractivity contribution in [2.75, 3.05) is 5.73 Å². The molecule has 0 saturated heterocycles. The lowest BCUT2D eigenvalue weighted by molar-refractivity contribution is 0.151. The lowest BCUT2D eigenvalue weighted by Crippen LogP contribution is -2.01. The summed E-state index contributed by atoms with van der Waals surface area (Å²) in [7, 11) is 0. The van der Waals surface area contributed by atoms with Gasteiger partial charge in [-0.1, -0.05) is 0 Å². The quantitative estimate of drug-likeness (QED) is 0.775. The predicted octanol–water partition coefficient (Wildman–Crippen LogP) is 2.24. The molecule has 1 aromatic rings. The van der Waals surface area contributed by atoms with Gasteiger partial charge < -0.3 is 5.73 Å². The van der Waals surface area contributed by atoms with E-state index in [9.17, 15) is 8.78 Å². The molecular formula is C7H4BrF2N3. The first-order valence-electron chi connectivity index (χ1n) is 3.20. The Labute approximate surface area is 81.3 Å². The summed E-state index contributed by atoms with van der Waals surface area (Å²) in [6.07, 6.45) is -1.60. The minimum atomic E-state index is -2.74. The van der Waals surface area contributed by atoms with E-state index < -0.39 is 12.0 Å². The van der Waals surface area contributed by atoms with E-state index in [0.717, 1.165) is 6.20 Å². The molecule has 0 radical (unpaired) electrons. The number of halogens is 3. The first kappa shape index (κ1) is 9.86. The average Bonchev–Trinajstić information content (AvgIpc) is 2.04. The van der Waals surface area contributed by atoms with Crippen molar-refractivity contribution in [3.8, 4) is 6.07 Å². The van der Waals surface area contributed by atoms with Crippen LogP contribution in [0.1, 0.15) is 17.6 Å². The molecule has 0 aliphatic rings. The highest BCUT2D eigenvalue weighted by molar-refractivity contribution is 9.10. The van der Waals surface area contributed by atoms with Crippen molar-refractivity contribution in [1.82, 2.24) is 4.98 Å². The second-order valence-corrected chi connectivity index (χ2v) is 2.95. The molecule has 0 atom stereocenters. The molecule has 1 heterocycles. The molecule has 0 aromatic carbocycles. The Hall–Kier alpha value is -1.22. The number of pyridine rings is 1. The van der Waals surface area contributed by atoms with Crippen LogP contribution in [0.15, 0.2) is 10.8 Å². The molecule has 0 unspecified atom stereocenters. The third-order valence-corrected chi connectivity index (χ3v) is 2.08. The van der Waals surface area contributed by atoms with Crippen LogP contribution in [-0.4, -0.2) is 4.98 Å². The molecule has 0 aliphatic carbocycles. The maximum atomic E-state index is 12.3. The van der Waals surface area contributed by atoms with Crippen LogP contribution < -0.4 is 5.73 Å². The van der Waals surface area contributed by atoms with Gasteiger partial charge in [0.1, 0.15) is 10.7 Å². The number of nitrogens with two attached hydrogens (primary N) is 1. The summed E-state index contributed by atoms with van der Waals surface area (Å²) >= 11 is 2.83. The minimum Gasteiger partial charge on any atom is -0.397 e. The van der Waals surface area contributed by atoms with Crippen molar-refractivity contribution >= 4 is 21.6 Å². The molecule has 0 amide bonds. The van der Waals surface area contributed by atoms with Gasteiger partial charge in [-0.15, -0.1) is 0 Å². The van der Waals surface area contributed by atoms with E-state index in [1.165, 1.54) is 0 Å². The molecule has 0 spiro atoms. The lowest BCUT2D eigenvalue weighted by Gasteiger charge is -2.06. The largest absolute Gasteiger partial charge is 0.397 e. The van der Waals surface area contributed by atoms with E-state index in [0.29, 0.717) is 0 Å². The third-order valence-electron chi connectivity index (χ3n) is 1.45. The number of alkyl halides is 2. The van der Waals surface area contributed by atoms with Gasteiger partial charge in [0, 0.05) is 6.20 Å². The second-order valence-electron chi connectivity index (χ2n) is 2.20. The topological polar surface area (TPSA) is 62.7 Å². The highest BCUT2D eigenvalue weighted by Gasteiger charge is 2.18. The van der Waals surface area contributed by atoms with Crippen molar-refractivity contribution < 1.29 is 8.78 Å². The van der Waals surface area contributed by atoms with Gasteiger partial charge in [0.25, 0.3) is 6.43 Å². The van der Waals surface area contributed by atoms with Crippen molar-refractivity contribution in [2.45, 2.75) is 6.43 Å².